The van der Waals surface area contributed by atoms with Crippen LogP contribution in [-0.2, 0) is 6.42 Å². The van der Waals surface area contributed by atoms with Crippen molar-refractivity contribution in [1.29, 1.82) is 0 Å². The van der Waals surface area contributed by atoms with E-state index in [4.69, 9.17) is 5.73 Å². The molecular weight excluding hydrogens is 227 g/mol. The van der Waals surface area contributed by atoms with Crippen molar-refractivity contribution in [3.05, 3.63) is 29.6 Å². The summed E-state index contributed by atoms with van der Waals surface area (Å²) < 4.78 is 13.9. The molecule has 2 rings (SSSR count). The van der Waals surface area contributed by atoms with Gasteiger partial charge >= 0.3 is 0 Å². The van der Waals surface area contributed by atoms with Crippen LogP contribution in [0, 0.1) is 11.2 Å². The van der Waals surface area contributed by atoms with Crippen LogP contribution >= 0.6 is 0 Å². The van der Waals surface area contributed by atoms with Crippen LogP contribution < -0.4 is 10.6 Å². The van der Waals surface area contributed by atoms with E-state index in [2.05, 4.69) is 18.7 Å². The molecule has 0 atom stereocenters. The van der Waals surface area contributed by atoms with Crippen molar-refractivity contribution in [2.45, 2.75) is 33.1 Å². The normalized spacial score (nSPS) is 19.0. The van der Waals surface area contributed by atoms with Crippen molar-refractivity contribution in [2.75, 3.05) is 24.5 Å². The molecule has 1 aromatic carbocycles. The first-order valence-corrected chi connectivity index (χ1v) is 6.76. The van der Waals surface area contributed by atoms with Crippen LogP contribution in [0.5, 0.6) is 0 Å². The lowest BCUT2D eigenvalue weighted by atomic mass is 9.83. The third-order valence-corrected chi connectivity index (χ3v) is 3.73. The van der Waals surface area contributed by atoms with Crippen molar-refractivity contribution in [3.63, 3.8) is 0 Å². The molecule has 0 aliphatic carbocycles. The van der Waals surface area contributed by atoms with Gasteiger partial charge in [-0.2, -0.15) is 0 Å². The Kier molecular flexibility index (Phi) is 3.91. The van der Waals surface area contributed by atoms with Gasteiger partial charge in [-0.1, -0.05) is 19.9 Å². The summed E-state index contributed by atoms with van der Waals surface area (Å²) >= 11 is 0. The Hall–Kier alpha value is -1.09. The Labute approximate surface area is 109 Å². The molecule has 2 N–H and O–H groups in total. The molecular formula is C15H23FN2. The van der Waals surface area contributed by atoms with Gasteiger partial charge in [-0.15, -0.1) is 0 Å². The fourth-order valence-electron chi connectivity index (χ4n) is 2.86. The number of nitrogens with zero attached hydrogens (tertiary/aromatic N) is 1. The zero-order chi connectivity index (χ0) is 13.2. The minimum absolute atomic E-state index is 0.124. The molecule has 1 aromatic rings. The quantitative estimate of drug-likeness (QED) is 0.893. The molecule has 100 valence electrons. The number of anilines is 1. The molecule has 18 heavy (non-hydrogen) atoms. The van der Waals surface area contributed by atoms with Crippen molar-refractivity contribution in [1.82, 2.24) is 0 Å². The molecule has 1 fully saturated rings. The van der Waals surface area contributed by atoms with E-state index in [9.17, 15) is 4.39 Å². The average molecular weight is 250 g/mol. The lowest BCUT2D eigenvalue weighted by Crippen LogP contribution is -2.40. The molecule has 0 saturated carbocycles. The highest BCUT2D eigenvalue weighted by Crippen LogP contribution is 2.33. The van der Waals surface area contributed by atoms with Crippen LogP contribution in [0.2, 0.25) is 0 Å². The van der Waals surface area contributed by atoms with Crippen molar-refractivity contribution in [2.24, 2.45) is 11.1 Å². The predicted molar refractivity (Wildman–Crippen MR) is 74.4 cm³/mol. The standard InChI is InChI=1S/C15H23FN2/c1-15(2)8-4-10-18(11-15)14-6-3-5-13(16)12(14)7-9-17/h3,5-6H,4,7-11,17H2,1-2H3. The zero-order valence-corrected chi connectivity index (χ0v) is 11.4. The van der Waals surface area contributed by atoms with Crippen molar-refractivity contribution >= 4 is 5.69 Å². The highest BCUT2D eigenvalue weighted by Gasteiger charge is 2.27. The fourth-order valence-corrected chi connectivity index (χ4v) is 2.86. The maximum atomic E-state index is 13.9. The second-order valence-electron chi connectivity index (χ2n) is 5.97. The maximum Gasteiger partial charge on any atom is 0.128 e. The monoisotopic (exact) mass is 250 g/mol. The molecule has 2 nitrogen and oxygen atoms in total. The van der Waals surface area contributed by atoms with Gasteiger partial charge in [0.25, 0.3) is 0 Å². The summed E-state index contributed by atoms with van der Waals surface area (Å²) in [5, 5.41) is 0. The first-order valence-electron chi connectivity index (χ1n) is 6.76. The molecule has 0 spiro atoms. The Balaban J connectivity index is 2.29. The van der Waals surface area contributed by atoms with Gasteiger partial charge in [0.05, 0.1) is 0 Å². The zero-order valence-electron chi connectivity index (χ0n) is 11.4. The molecule has 0 bridgehead atoms. The van der Waals surface area contributed by atoms with Gasteiger partial charge in [0.2, 0.25) is 0 Å². The van der Waals surface area contributed by atoms with Gasteiger partial charge in [0, 0.05) is 24.3 Å². The Bertz CT molecular complexity index is 415. The minimum atomic E-state index is -0.124. The molecule has 1 saturated heterocycles. The number of piperidine rings is 1. The highest BCUT2D eigenvalue weighted by molar-refractivity contribution is 5.55. The Morgan fingerprint density at radius 1 is 1.39 bits per heavy atom. The van der Waals surface area contributed by atoms with Gasteiger partial charge in [-0.05, 0) is 43.4 Å². The van der Waals surface area contributed by atoms with E-state index < -0.39 is 0 Å². The molecule has 1 heterocycles. The number of nitrogens with two attached hydrogens (primary N) is 1. The maximum absolute atomic E-state index is 13.9. The van der Waals surface area contributed by atoms with E-state index in [0.717, 1.165) is 24.3 Å². The molecule has 3 heteroatoms. The summed E-state index contributed by atoms with van der Waals surface area (Å²) in [6, 6.07) is 5.35. The summed E-state index contributed by atoms with van der Waals surface area (Å²) in [5.41, 5.74) is 7.72. The molecule has 0 radical (unpaired) electrons. The third kappa shape index (κ3) is 2.83. The number of halogens is 1. The highest BCUT2D eigenvalue weighted by atomic mass is 19.1. The minimum Gasteiger partial charge on any atom is -0.371 e. The number of rotatable bonds is 3. The van der Waals surface area contributed by atoms with Crippen LogP contribution in [-0.4, -0.2) is 19.6 Å². The summed E-state index contributed by atoms with van der Waals surface area (Å²) in [6.45, 7) is 7.06. The largest absolute Gasteiger partial charge is 0.371 e. The van der Waals surface area contributed by atoms with Crippen LogP contribution in [0.1, 0.15) is 32.3 Å². The van der Waals surface area contributed by atoms with Crippen LogP contribution in [0.3, 0.4) is 0 Å². The van der Waals surface area contributed by atoms with Crippen molar-refractivity contribution in [3.8, 4) is 0 Å². The van der Waals surface area contributed by atoms with Gasteiger partial charge in [0.15, 0.2) is 0 Å². The topological polar surface area (TPSA) is 29.3 Å². The summed E-state index contributed by atoms with van der Waals surface area (Å²) in [7, 11) is 0. The van der Waals surface area contributed by atoms with Crippen LogP contribution in [0.4, 0.5) is 10.1 Å². The average Bonchev–Trinajstić information content (AvgIpc) is 2.30. The molecule has 0 amide bonds. The summed E-state index contributed by atoms with van der Waals surface area (Å²) in [5.74, 6) is -0.124. The lowest BCUT2D eigenvalue weighted by Gasteiger charge is -2.40. The van der Waals surface area contributed by atoms with Crippen LogP contribution in [0.25, 0.3) is 0 Å². The number of benzene rings is 1. The first-order chi connectivity index (χ1) is 8.53. The van der Waals surface area contributed by atoms with Gasteiger partial charge in [-0.25, -0.2) is 4.39 Å². The smallest absolute Gasteiger partial charge is 0.128 e. The lowest BCUT2D eigenvalue weighted by molar-refractivity contribution is 0.292. The second kappa shape index (κ2) is 5.27. The summed E-state index contributed by atoms with van der Waals surface area (Å²) in [6.07, 6.45) is 3.02. The molecule has 0 unspecified atom stereocenters. The number of hydrogen-bond acceptors (Lipinski definition) is 2. The van der Waals surface area contributed by atoms with Crippen molar-refractivity contribution < 1.29 is 4.39 Å². The summed E-state index contributed by atoms with van der Waals surface area (Å²) in [4.78, 5) is 2.32. The second-order valence-corrected chi connectivity index (χ2v) is 5.97. The fraction of sp³-hybridized carbons (Fsp3) is 0.600. The Morgan fingerprint density at radius 2 is 2.17 bits per heavy atom. The van der Waals surface area contributed by atoms with Crippen LogP contribution in [0.15, 0.2) is 18.2 Å². The molecule has 1 aliphatic rings. The van der Waals surface area contributed by atoms with E-state index in [-0.39, 0.29) is 5.82 Å². The Morgan fingerprint density at radius 3 is 2.83 bits per heavy atom. The van der Waals surface area contributed by atoms with E-state index in [1.54, 1.807) is 6.07 Å². The van der Waals surface area contributed by atoms with E-state index in [0.29, 0.717) is 18.4 Å². The third-order valence-electron chi connectivity index (χ3n) is 3.73. The van der Waals surface area contributed by atoms with E-state index in [1.165, 1.54) is 18.9 Å². The SMILES string of the molecule is CC1(C)CCCN(c2cccc(F)c2CCN)C1. The van der Waals surface area contributed by atoms with E-state index >= 15 is 0 Å². The van der Waals surface area contributed by atoms with E-state index in [1.807, 2.05) is 6.07 Å². The van der Waals surface area contributed by atoms with Gasteiger partial charge in [-0.3, -0.25) is 0 Å². The number of hydrogen-bond donors (Lipinski definition) is 1. The first kappa shape index (κ1) is 13.3. The molecule has 1 aliphatic heterocycles. The predicted octanol–water partition coefficient (Wildman–Crippen LogP) is 2.95. The van der Waals surface area contributed by atoms with Gasteiger partial charge in [0.1, 0.15) is 5.82 Å². The van der Waals surface area contributed by atoms with Gasteiger partial charge < -0.3 is 10.6 Å². The molecule has 0 aromatic heterocycles.